The number of amides is 1. The first-order valence-electron chi connectivity index (χ1n) is 4.83. The monoisotopic (exact) mass is 186 g/mol. The summed E-state index contributed by atoms with van der Waals surface area (Å²) in [5, 5.41) is 12.2. The van der Waals surface area contributed by atoms with E-state index >= 15 is 0 Å². The van der Waals surface area contributed by atoms with Gasteiger partial charge in [0, 0.05) is 6.04 Å². The third-order valence-corrected chi connectivity index (χ3v) is 2.41. The molecule has 0 saturated heterocycles. The van der Waals surface area contributed by atoms with Crippen molar-refractivity contribution in [3.8, 4) is 0 Å². The van der Waals surface area contributed by atoms with Crippen molar-refractivity contribution >= 4 is 5.91 Å². The largest absolute Gasteiger partial charge is 0.393 e. The third-order valence-electron chi connectivity index (χ3n) is 2.41. The second-order valence-corrected chi connectivity index (χ2v) is 3.81. The van der Waals surface area contributed by atoms with E-state index < -0.39 is 6.04 Å². The van der Waals surface area contributed by atoms with Gasteiger partial charge >= 0.3 is 0 Å². The van der Waals surface area contributed by atoms with E-state index in [0.717, 1.165) is 19.3 Å². The minimum Gasteiger partial charge on any atom is -0.393 e. The molecule has 0 bridgehead atoms. The van der Waals surface area contributed by atoms with Gasteiger partial charge in [-0.15, -0.1) is 0 Å². The summed E-state index contributed by atoms with van der Waals surface area (Å²) < 4.78 is 0. The summed E-state index contributed by atoms with van der Waals surface area (Å²) in [6, 6.07) is -0.346. The summed E-state index contributed by atoms with van der Waals surface area (Å²) in [5.74, 6) is -0.126. The number of rotatable bonds is 2. The second kappa shape index (κ2) is 4.58. The van der Waals surface area contributed by atoms with Gasteiger partial charge in [0.25, 0.3) is 0 Å². The fraction of sp³-hybridized carbons (Fsp3) is 0.889. The Morgan fingerprint density at radius 1 is 1.62 bits per heavy atom. The highest BCUT2D eigenvalue weighted by Gasteiger charge is 2.22. The predicted octanol–water partition coefficient (Wildman–Crippen LogP) is -0.247. The van der Waals surface area contributed by atoms with Crippen LogP contribution < -0.4 is 11.1 Å². The van der Waals surface area contributed by atoms with Crippen LogP contribution in [0.3, 0.4) is 0 Å². The van der Waals surface area contributed by atoms with Crippen LogP contribution in [0, 0.1) is 0 Å². The zero-order valence-electron chi connectivity index (χ0n) is 7.99. The Hall–Kier alpha value is -0.610. The van der Waals surface area contributed by atoms with Crippen molar-refractivity contribution in [3.05, 3.63) is 0 Å². The number of nitrogens with one attached hydrogen (secondary N) is 1. The highest BCUT2D eigenvalue weighted by atomic mass is 16.3. The van der Waals surface area contributed by atoms with Crippen molar-refractivity contribution in [2.45, 2.75) is 50.8 Å². The summed E-state index contributed by atoms with van der Waals surface area (Å²) in [5.41, 5.74) is 5.41. The molecule has 4 nitrogen and oxygen atoms in total. The number of nitrogens with two attached hydrogens (primary N) is 1. The average molecular weight is 186 g/mol. The fourth-order valence-electron chi connectivity index (χ4n) is 1.63. The van der Waals surface area contributed by atoms with Crippen LogP contribution in [-0.4, -0.2) is 29.2 Å². The number of aliphatic hydroxyl groups excluding tert-OH is 1. The normalized spacial score (nSPS) is 31.0. The van der Waals surface area contributed by atoms with Gasteiger partial charge in [-0.25, -0.2) is 0 Å². The van der Waals surface area contributed by atoms with E-state index in [4.69, 9.17) is 5.73 Å². The van der Waals surface area contributed by atoms with Crippen LogP contribution in [0.4, 0.5) is 0 Å². The van der Waals surface area contributed by atoms with Crippen LogP contribution in [0.5, 0.6) is 0 Å². The molecule has 0 aromatic carbocycles. The van der Waals surface area contributed by atoms with Crippen molar-refractivity contribution in [3.63, 3.8) is 0 Å². The Kier molecular flexibility index (Phi) is 3.69. The lowest BCUT2D eigenvalue weighted by Gasteiger charge is -2.27. The Morgan fingerprint density at radius 2 is 2.31 bits per heavy atom. The number of carbonyl (C=O) groups excluding carboxylic acids is 1. The summed E-state index contributed by atoms with van der Waals surface area (Å²) in [4.78, 5) is 11.2. The quantitative estimate of drug-likeness (QED) is 0.557. The smallest absolute Gasteiger partial charge is 0.236 e. The van der Waals surface area contributed by atoms with Crippen LogP contribution in [0.25, 0.3) is 0 Å². The van der Waals surface area contributed by atoms with Gasteiger partial charge in [-0.2, -0.15) is 0 Å². The summed E-state index contributed by atoms with van der Waals surface area (Å²) in [6.07, 6.45) is 3.19. The molecular weight excluding hydrogens is 168 g/mol. The molecule has 0 aromatic heterocycles. The van der Waals surface area contributed by atoms with E-state index in [9.17, 15) is 9.90 Å². The molecule has 0 heterocycles. The molecule has 4 heteroatoms. The maximum absolute atomic E-state index is 11.2. The average Bonchev–Trinajstić information content (AvgIpc) is 2.04. The lowest BCUT2D eigenvalue weighted by Crippen LogP contribution is -2.46. The van der Waals surface area contributed by atoms with E-state index in [1.165, 1.54) is 0 Å². The molecule has 4 N–H and O–H groups in total. The van der Waals surface area contributed by atoms with Gasteiger partial charge in [-0.1, -0.05) is 0 Å². The van der Waals surface area contributed by atoms with E-state index in [1.807, 2.05) is 0 Å². The van der Waals surface area contributed by atoms with Crippen molar-refractivity contribution < 1.29 is 9.90 Å². The minimum absolute atomic E-state index is 0.113. The molecule has 1 aliphatic rings. The fourth-order valence-corrected chi connectivity index (χ4v) is 1.63. The maximum Gasteiger partial charge on any atom is 0.236 e. The van der Waals surface area contributed by atoms with Gasteiger partial charge in [0.15, 0.2) is 0 Å². The second-order valence-electron chi connectivity index (χ2n) is 3.81. The van der Waals surface area contributed by atoms with Gasteiger partial charge in [0.2, 0.25) is 5.91 Å². The van der Waals surface area contributed by atoms with Crippen molar-refractivity contribution in [2.75, 3.05) is 0 Å². The lowest BCUT2D eigenvalue weighted by molar-refractivity contribution is -0.123. The molecule has 1 fully saturated rings. The number of carbonyl (C=O) groups is 1. The predicted molar refractivity (Wildman–Crippen MR) is 50.1 cm³/mol. The van der Waals surface area contributed by atoms with Crippen molar-refractivity contribution in [1.29, 1.82) is 0 Å². The van der Waals surface area contributed by atoms with Crippen molar-refractivity contribution in [2.24, 2.45) is 5.73 Å². The minimum atomic E-state index is -0.459. The van der Waals surface area contributed by atoms with Gasteiger partial charge in [0.1, 0.15) is 0 Å². The highest BCUT2D eigenvalue weighted by molar-refractivity contribution is 5.81. The van der Waals surface area contributed by atoms with Gasteiger partial charge in [0.05, 0.1) is 12.1 Å². The molecule has 1 aliphatic carbocycles. The molecule has 1 saturated carbocycles. The zero-order valence-corrected chi connectivity index (χ0v) is 7.99. The lowest BCUT2D eigenvalue weighted by atomic mass is 9.93. The molecule has 0 aliphatic heterocycles. The molecule has 3 atom stereocenters. The highest BCUT2D eigenvalue weighted by Crippen LogP contribution is 2.18. The number of aliphatic hydroxyl groups is 1. The van der Waals surface area contributed by atoms with E-state index in [0.29, 0.717) is 6.42 Å². The Balaban J connectivity index is 2.31. The van der Waals surface area contributed by atoms with E-state index in [1.54, 1.807) is 6.92 Å². The van der Waals surface area contributed by atoms with Crippen LogP contribution in [0.1, 0.15) is 32.6 Å². The number of hydrogen-bond acceptors (Lipinski definition) is 3. The molecule has 3 unspecified atom stereocenters. The Morgan fingerprint density at radius 3 is 2.85 bits per heavy atom. The van der Waals surface area contributed by atoms with Gasteiger partial charge in [-0.05, 0) is 32.6 Å². The summed E-state index contributed by atoms with van der Waals surface area (Å²) in [7, 11) is 0. The van der Waals surface area contributed by atoms with Crippen LogP contribution >= 0.6 is 0 Å². The summed E-state index contributed by atoms with van der Waals surface area (Å²) in [6.45, 7) is 1.66. The van der Waals surface area contributed by atoms with E-state index in [-0.39, 0.29) is 18.1 Å². The Bertz CT molecular complexity index is 182. The topological polar surface area (TPSA) is 75.4 Å². The molecule has 0 aromatic rings. The summed E-state index contributed by atoms with van der Waals surface area (Å²) >= 11 is 0. The molecule has 13 heavy (non-hydrogen) atoms. The van der Waals surface area contributed by atoms with Gasteiger partial charge in [-0.3, -0.25) is 4.79 Å². The SMILES string of the molecule is CC(N)C(=O)NC1CCCC(O)C1. The zero-order chi connectivity index (χ0) is 9.84. The molecule has 1 rings (SSSR count). The maximum atomic E-state index is 11.2. The van der Waals surface area contributed by atoms with Crippen molar-refractivity contribution in [1.82, 2.24) is 5.32 Å². The first-order chi connectivity index (χ1) is 6.09. The van der Waals surface area contributed by atoms with E-state index in [2.05, 4.69) is 5.32 Å². The first-order valence-corrected chi connectivity index (χ1v) is 4.83. The molecule has 76 valence electrons. The Labute approximate surface area is 78.5 Å². The van der Waals surface area contributed by atoms with Crippen LogP contribution in [-0.2, 0) is 4.79 Å². The first kappa shape index (κ1) is 10.5. The standard InChI is InChI=1S/C9H18N2O2/c1-6(10)9(13)11-7-3-2-4-8(12)5-7/h6-8,12H,2-5,10H2,1H3,(H,11,13). The third kappa shape index (κ3) is 3.32. The van der Waals surface area contributed by atoms with Crippen LogP contribution in [0.15, 0.2) is 0 Å². The molecule has 1 amide bonds. The molecule has 0 spiro atoms. The van der Waals surface area contributed by atoms with Crippen LogP contribution in [0.2, 0.25) is 0 Å². The molecule has 0 radical (unpaired) electrons. The van der Waals surface area contributed by atoms with Gasteiger partial charge < -0.3 is 16.2 Å². The number of hydrogen-bond donors (Lipinski definition) is 3. The molecular formula is C9H18N2O2.